The van der Waals surface area contributed by atoms with Crippen LogP contribution in [0.3, 0.4) is 0 Å². The third kappa shape index (κ3) is 3.26. The van der Waals surface area contributed by atoms with Gasteiger partial charge in [0.25, 0.3) is 0 Å². The lowest BCUT2D eigenvalue weighted by molar-refractivity contribution is -0.0505. The van der Waals surface area contributed by atoms with Crippen LogP contribution in [0.15, 0.2) is 12.1 Å². The lowest BCUT2D eigenvalue weighted by atomic mass is 10.1. The summed E-state index contributed by atoms with van der Waals surface area (Å²) in [4.78, 5) is 11.3. The molecule has 0 saturated heterocycles. The second kappa shape index (κ2) is 5.77. The molecule has 0 amide bonds. The fourth-order valence-corrected chi connectivity index (χ4v) is 1.52. The summed E-state index contributed by atoms with van der Waals surface area (Å²) in [5, 5.41) is 0. The highest BCUT2D eigenvalue weighted by atomic mass is 35.5. The van der Waals surface area contributed by atoms with Crippen LogP contribution in [0.25, 0.3) is 0 Å². The van der Waals surface area contributed by atoms with E-state index >= 15 is 0 Å². The summed E-state index contributed by atoms with van der Waals surface area (Å²) in [7, 11) is 1.08. The Balaban J connectivity index is 3.29. The van der Waals surface area contributed by atoms with Crippen molar-refractivity contribution in [1.82, 2.24) is 0 Å². The molecule has 0 aliphatic heterocycles. The fraction of sp³-hybridized carbons (Fsp3) is 0.300. The van der Waals surface area contributed by atoms with E-state index in [0.29, 0.717) is 0 Å². The van der Waals surface area contributed by atoms with Gasteiger partial charge in [-0.15, -0.1) is 11.6 Å². The first-order valence-electron chi connectivity index (χ1n) is 4.41. The number of hydrogen-bond acceptors (Lipinski definition) is 3. The van der Waals surface area contributed by atoms with Crippen molar-refractivity contribution < 1.29 is 27.4 Å². The molecule has 0 aromatic heterocycles. The lowest BCUT2D eigenvalue weighted by Gasteiger charge is -2.12. The zero-order valence-electron chi connectivity index (χ0n) is 8.68. The molecule has 0 radical (unpaired) electrons. The fourth-order valence-electron chi connectivity index (χ4n) is 1.24. The number of carbonyl (C=O) groups is 1. The molecule has 0 heterocycles. The highest BCUT2D eigenvalue weighted by Crippen LogP contribution is 2.28. The van der Waals surface area contributed by atoms with Crippen LogP contribution in [0.2, 0.25) is 0 Å². The molecule has 0 bridgehead atoms. The first kappa shape index (κ1) is 13.6. The minimum atomic E-state index is -3.13. The van der Waals surface area contributed by atoms with Crippen LogP contribution in [-0.4, -0.2) is 19.7 Å². The van der Waals surface area contributed by atoms with Crippen molar-refractivity contribution in [2.24, 2.45) is 0 Å². The summed E-state index contributed by atoms with van der Waals surface area (Å²) < 4.78 is 45.7. The third-order valence-corrected chi connectivity index (χ3v) is 2.20. The van der Waals surface area contributed by atoms with E-state index in [2.05, 4.69) is 9.47 Å². The highest BCUT2D eigenvalue weighted by molar-refractivity contribution is 6.18. The van der Waals surface area contributed by atoms with Crippen LogP contribution in [0.5, 0.6) is 5.75 Å². The summed E-state index contributed by atoms with van der Waals surface area (Å²) in [5.41, 5.74) is -0.279. The van der Waals surface area contributed by atoms with Gasteiger partial charge in [0.15, 0.2) is 0 Å². The Morgan fingerprint density at radius 2 is 2.12 bits per heavy atom. The Morgan fingerprint density at radius 3 is 2.59 bits per heavy atom. The van der Waals surface area contributed by atoms with Crippen molar-refractivity contribution in [1.29, 1.82) is 0 Å². The van der Waals surface area contributed by atoms with Crippen molar-refractivity contribution >= 4 is 17.6 Å². The standard InChI is InChI=1S/C10H8ClF3O3/c1-16-9(15)6-2-5(12)3-8(7(6)4-11)17-10(13)14/h2-3,10H,4H2,1H3. The van der Waals surface area contributed by atoms with E-state index in [1.54, 1.807) is 0 Å². The monoisotopic (exact) mass is 268 g/mol. The van der Waals surface area contributed by atoms with Crippen molar-refractivity contribution in [3.63, 3.8) is 0 Å². The number of alkyl halides is 3. The Labute approximate surface area is 100 Å². The molecule has 0 atom stereocenters. The summed E-state index contributed by atoms with van der Waals surface area (Å²) in [5.74, 6) is -2.53. The SMILES string of the molecule is COC(=O)c1cc(F)cc(OC(F)F)c1CCl. The second-order valence-corrected chi connectivity index (χ2v) is 3.20. The molecule has 1 aromatic carbocycles. The van der Waals surface area contributed by atoms with Crippen molar-refractivity contribution in [2.45, 2.75) is 12.5 Å². The van der Waals surface area contributed by atoms with E-state index in [-0.39, 0.29) is 17.0 Å². The van der Waals surface area contributed by atoms with E-state index in [4.69, 9.17) is 11.6 Å². The molecule has 3 nitrogen and oxygen atoms in total. The van der Waals surface area contributed by atoms with Crippen molar-refractivity contribution in [3.05, 3.63) is 29.1 Å². The zero-order chi connectivity index (χ0) is 13.0. The third-order valence-electron chi connectivity index (χ3n) is 1.93. The molecule has 7 heteroatoms. The van der Waals surface area contributed by atoms with Gasteiger partial charge in [0, 0.05) is 11.6 Å². The molecule has 94 valence electrons. The van der Waals surface area contributed by atoms with Crippen molar-refractivity contribution in [3.8, 4) is 5.75 Å². The maximum Gasteiger partial charge on any atom is 0.387 e. The van der Waals surface area contributed by atoms with E-state index < -0.39 is 24.1 Å². The number of hydrogen-bond donors (Lipinski definition) is 0. The Morgan fingerprint density at radius 1 is 1.47 bits per heavy atom. The highest BCUT2D eigenvalue weighted by Gasteiger charge is 2.20. The molecule has 0 saturated carbocycles. The van der Waals surface area contributed by atoms with Gasteiger partial charge >= 0.3 is 12.6 Å². The van der Waals surface area contributed by atoms with Gasteiger partial charge < -0.3 is 9.47 Å². The lowest BCUT2D eigenvalue weighted by Crippen LogP contribution is -2.10. The van der Waals surface area contributed by atoms with E-state index in [0.717, 1.165) is 19.2 Å². The molecule has 0 spiro atoms. The Kier molecular flexibility index (Phi) is 4.62. The molecule has 1 rings (SSSR count). The van der Waals surface area contributed by atoms with Crippen molar-refractivity contribution in [2.75, 3.05) is 7.11 Å². The normalized spacial score (nSPS) is 10.5. The summed E-state index contributed by atoms with van der Waals surface area (Å²) >= 11 is 5.52. The number of esters is 1. The van der Waals surface area contributed by atoms with Gasteiger partial charge in [-0.25, -0.2) is 9.18 Å². The second-order valence-electron chi connectivity index (χ2n) is 2.93. The van der Waals surface area contributed by atoms with Gasteiger partial charge in [-0.1, -0.05) is 0 Å². The summed E-state index contributed by atoms with van der Waals surface area (Å²) in [6.07, 6.45) is 0. The first-order valence-corrected chi connectivity index (χ1v) is 4.94. The topological polar surface area (TPSA) is 35.5 Å². The van der Waals surface area contributed by atoms with Gasteiger partial charge in [-0.05, 0) is 6.07 Å². The molecule has 1 aromatic rings. The average Bonchev–Trinajstić information content (AvgIpc) is 2.26. The molecule has 0 aliphatic carbocycles. The molecule has 17 heavy (non-hydrogen) atoms. The van der Waals surface area contributed by atoms with Crippen LogP contribution in [0.1, 0.15) is 15.9 Å². The number of methoxy groups -OCH3 is 1. The Bertz CT molecular complexity index is 424. The minimum absolute atomic E-state index is 0.0415. The largest absolute Gasteiger partial charge is 0.465 e. The first-order chi connectivity index (χ1) is 7.99. The molecule has 0 fully saturated rings. The van der Waals surface area contributed by atoms with Crippen LogP contribution < -0.4 is 4.74 Å². The summed E-state index contributed by atoms with van der Waals surface area (Å²) in [6, 6.07) is 1.58. The van der Waals surface area contributed by atoms with Crippen LogP contribution in [0, 0.1) is 5.82 Å². The molecule has 0 N–H and O–H groups in total. The maximum atomic E-state index is 13.1. The number of ether oxygens (including phenoxy) is 2. The van der Waals surface area contributed by atoms with E-state index in [9.17, 15) is 18.0 Å². The maximum absolute atomic E-state index is 13.1. The average molecular weight is 269 g/mol. The smallest absolute Gasteiger partial charge is 0.387 e. The zero-order valence-corrected chi connectivity index (χ0v) is 9.43. The molecule has 0 aliphatic rings. The number of benzene rings is 1. The molecular formula is C10H8ClF3O3. The number of rotatable bonds is 4. The minimum Gasteiger partial charge on any atom is -0.465 e. The van der Waals surface area contributed by atoms with E-state index in [1.165, 1.54) is 0 Å². The summed E-state index contributed by atoms with van der Waals surface area (Å²) in [6.45, 7) is -3.13. The molecule has 0 unspecified atom stereocenters. The predicted octanol–water partition coefficient (Wildman–Crippen LogP) is 2.95. The predicted molar refractivity (Wildman–Crippen MR) is 53.9 cm³/mol. The van der Waals surface area contributed by atoms with Crippen LogP contribution in [-0.2, 0) is 10.6 Å². The number of halogens is 4. The van der Waals surface area contributed by atoms with Gasteiger partial charge in [0.05, 0.1) is 18.6 Å². The van der Waals surface area contributed by atoms with Crippen LogP contribution in [0.4, 0.5) is 13.2 Å². The van der Waals surface area contributed by atoms with Gasteiger partial charge in [0.1, 0.15) is 11.6 Å². The van der Waals surface area contributed by atoms with Gasteiger partial charge in [-0.2, -0.15) is 8.78 Å². The quantitative estimate of drug-likeness (QED) is 0.622. The molecular weight excluding hydrogens is 261 g/mol. The Hall–Kier alpha value is -1.43. The van der Waals surface area contributed by atoms with E-state index in [1.807, 2.05) is 0 Å². The van der Waals surface area contributed by atoms with Gasteiger partial charge in [-0.3, -0.25) is 0 Å². The van der Waals surface area contributed by atoms with Gasteiger partial charge in [0.2, 0.25) is 0 Å². The number of carbonyl (C=O) groups excluding carboxylic acids is 1. The van der Waals surface area contributed by atoms with Crippen LogP contribution >= 0.6 is 11.6 Å².